The summed E-state index contributed by atoms with van der Waals surface area (Å²) >= 11 is 6.02. The van der Waals surface area contributed by atoms with Crippen LogP contribution in [0.5, 0.6) is 0 Å². The van der Waals surface area contributed by atoms with E-state index >= 15 is 0 Å². The SMILES string of the molecule is CCNc1ccc(Cl)c(C(=O)NC(C)C2CC2)n1. The first-order chi connectivity index (χ1) is 8.61. The first-order valence-corrected chi connectivity index (χ1v) is 6.71. The van der Waals surface area contributed by atoms with Gasteiger partial charge >= 0.3 is 0 Å². The average Bonchev–Trinajstić information content (AvgIpc) is 3.15. The van der Waals surface area contributed by atoms with Crippen LogP contribution in [0.1, 0.15) is 37.2 Å². The number of hydrogen-bond acceptors (Lipinski definition) is 3. The van der Waals surface area contributed by atoms with Gasteiger partial charge in [0.05, 0.1) is 5.02 Å². The Morgan fingerprint density at radius 1 is 1.56 bits per heavy atom. The van der Waals surface area contributed by atoms with Gasteiger partial charge in [-0.3, -0.25) is 4.79 Å². The van der Waals surface area contributed by atoms with Crippen LogP contribution in [0.2, 0.25) is 5.02 Å². The van der Waals surface area contributed by atoms with Gasteiger partial charge in [0, 0.05) is 12.6 Å². The Hall–Kier alpha value is -1.29. The van der Waals surface area contributed by atoms with Crippen LogP contribution in [0.15, 0.2) is 12.1 Å². The molecule has 18 heavy (non-hydrogen) atoms. The Bertz CT molecular complexity index is 446. The molecule has 0 spiro atoms. The van der Waals surface area contributed by atoms with Crippen LogP contribution in [-0.2, 0) is 0 Å². The van der Waals surface area contributed by atoms with Crippen molar-refractivity contribution >= 4 is 23.3 Å². The van der Waals surface area contributed by atoms with Gasteiger partial charge in [0.1, 0.15) is 11.5 Å². The van der Waals surface area contributed by atoms with E-state index in [0.717, 1.165) is 6.54 Å². The van der Waals surface area contributed by atoms with E-state index in [1.165, 1.54) is 12.8 Å². The molecular weight excluding hydrogens is 250 g/mol. The molecule has 1 unspecified atom stereocenters. The largest absolute Gasteiger partial charge is 0.370 e. The lowest BCUT2D eigenvalue weighted by Gasteiger charge is -2.13. The van der Waals surface area contributed by atoms with Gasteiger partial charge in [0.25, 0.3) is 5.91 Å². The minimum absolute atomic E-state index is 0.193. The number of anilines is 1. The number of hydrogen-bond donors (Lipinski definition) is 2. The van der Waals surface area contributed by atoms with Crippen molar-refractivity contribution in [1.29, 1.82) is 0 Å². The third-order valence-corrected chi connectivity index (χ3v) is 3.41. The maximum Gasteiger partial charge on any atom is 0.271 e. The first-order valence-electron chi connectivity index (χ1n) is 6.33. The summed E-state index contributed by atoms with van der Waals surface area (Å²) in [7, 11) is 0. The average molecular weight is 268 g/mol. The Labute approximate surface area is 112 Å². The van der Waals surface area contributed by atoms with Crippen molar-refractivity contribution in [3.05, 3.63) is 22.8 Å². The molecule has 0 saturated heterocycles. The molecule has 1 aromatic heterocycles. The van der Waals surface area contributed by atoms with Crippen molar-refractivity contribution in [3.8, 4) is 0 Å². The Morgan fingerprint density at radius 3 is 2.89 bits per heavy atom. The predicted molar refractivity (Wildman–Crippen MR) is 73.1 cm³/mol. The summed E-state index contributed by atoms with van der Waals surface area (Å²) in [5, 5.41) is 6.41. The van der Waals surface area contributed by atoms with Gasteiger partial charge in [-0.1, -0.05) is 11.6 Å². The van der Waals surface area contributed by atoms with Crippen LogP contribution in [0.25, 0.3) is 0 Å². The van der Waals surface area contributed by atoms with Crippen molar-refractivity contribution in [2.75, 3.05) is 11.9 Å². The van der Waals surface area contributed by atoms with E-state index in [9.17, 15) is 4.79 Å². The molecule has 1 saturated carbocycles. The number of carbonyl (C=O) groups is 1. The summed E-state index contributed by atoms with van der Waals surface area (Å²) in [6.07, 6.45) is 2.39. The molecule has 98 valence electrons. The minimum atomic E-state index is -0.195. The van der Waals surface area contributed by atoms with E-state index in [1.54, 1.807) is 12.1 Å². The number of nitrogens with one attached hydrogen (secondary N) is 2. The van der Waals surface area contributed by atoms with Crippen LogP contribution < -0.4 is 10.6 Å². The number of pyridine rings is 1. The van der Waals surface area contributed by atoms with Crippen molar-refractivity contribution in [2.24, 2.45) is 5.92 Å². The van der Waals surface area contributed by atoms with Gasteiger partial charge in [0.15, 0.2) is 0 Å². The standard InChI is InChI=1S/C13H18ClN3O/c1-3-15-11-7-6-10(14)12(17-11)13(18)16-8(2)9-4-5-9/h6-9H,3-5H2,1-2H3,(H,15,17)(H,16,18). The van der Waals surface area contributed by atoms with E-state index in [1.807, 2.05) is 13.8 Å². The lowest BCUT2D eigenvalue weighted by molar-refractivity contribution is 0.0931. The second-order valence-electron chi connectivity index (χ2n) is 4.66. The van der Waals surface area contributed by atoms with Crippen LogP contribution in [0.4, 0.5) is 5.82 Å². The summed E-state index contributed by atoms with van der Waals surface area (Å²) in [6.45, 7) is 4.76. The topological polar surface area (TPSA) is 54.0 Å². The van der Waals surface area contributed by atoms with E-state index < -0.39 is 0 Å². The molecular formula is C13H18ClN3O. The number of carbonyl (C=O) groups excluding carboxylic acids is 1. The molecule has 1 aliphatic rings. The number of nitrogens with zero attached hydrogens (tertiary/aromatic N) is 1. The number of halogens is 1. The zero-order chi connectivity index (χ0) is 13.1. The molecule has 2 N–H and O–H groups in total. The van der Waals surface area contributed by atoms with Gasteiger partial charge in [-0.15, -0.1) is 0 Å². The monoisotopic (exact) mass is 267 g/mol. The molecule has 0 bridgehead atoms. The van der Waals surface area contributed by atoms with Crippen molar-refractivity contribution in [2.45, 2.75) is 32.7 Å². The highest BCUT2D eigenvalue weighted by atomic mass is 35.5. The molecule has 4 nitrogen and oxygen atoms in total. The molecule has 0 aromatic carbocycles. The van der Waals surface area contributed by atoms with Crippen LogP contribution in [-0.4, -0.2) is 23.5 Å². The normalized spacial score (nSPS) is 16.2. The molecule has 5 heteroatoms. The van der Waals surface area contributed by atoms with E-state index in [4.69, 9.17) is 11.6 Å². The summed E-state index contributed by atoms with van der Waals surface area (Å²) in [4.78, 5) is 16.3. The fourth-order valence-corrected chi connectivity index (χ4v) is 2.06. The van der Waals surface area contributed by atoms with Gasteiger partial charge < -0.3 is 10.6 Å². The third-order valence-electron chi connectivity index (χ3n) is 3.11. The van der Waals surface area contributed by atoms with Gasteiger partial charge in [-0.2, -0.15) is 0 Å². The highest BCUT2D eigenvalue weighted by Crippen LogP contribution is 2.32. The van der Waals surface area contributed by atoms with Gasteiger partial charge in [-0.05, 0) is 44.7 Å². The molecule has 1 aliphatic carbocycles. The van der Waals surface area contributed by atoms with Crippen LogP contribution in [0.3, 0.4) is 0 Å². The van der Waals surface area contributed by atoms with E-state index in [2.05, 4.69) is 15.6 Å². The molecule has 0 aliphatic heterocycles. The number of aromatic nitrogens is 1. The van der Waals surface area contributed by atoms with Crippen LogP contribution in [0, 0.1) is 5.92 Å². The second kappa shape index (κ2) is 5.57. The van der Waals surface area contributed by atoms with Crippen molar-refractivity contribution in [1.82, 2.24) is 10.3 Å². The fraction of sp³-hybridized carbons (Fsp3) is 0.538. The van der Waals surface area contributed by atoms with E-state index in [0.29, 0.717) is 22.5 Å². The number of amides is 1. The Morgan fingerprint density at radius 2 is 2.28 bits per heavy atom. The van der Waals surface area contributed by atoms with Gasteiger partial charge in [0.2, 0.25) is 0 Å². The smallest absolute Gasteiger partial charge is 0.271 e. The Balaban J connectivity index is 2.09. The molecule has 1 amide bonds. The molecule has 1 aromatic rings. The summed E-state index contributed by atoms with van der Waals surface area (Å²) < 4.78 is 0. The predicted octanol–water partition coefficient (Wildman–Crippen LogP) is 2.70. The zero-order valence-corrected chi connectivity index (χ0v) is 11.4. The maximum absolute atomic E-state index is 12.1. The van der Waals surface area contributed by atoms with E-state index in [-0.39, 0.29) is 11.9 Å². The first kappa shape index (κ1) is 13.1. The molecule has 0 radical (unpaired) electrons. The lowest BCUT2D eigenvalue weighted by atomic mass is 10.2. The molecule has 2 rings (SSSR count). The summed E-state index contributed by atoms with van der Waals surface area (Å²) in [5.41, 5.74) is 0.294. The molecule has 1 heterocycles. The molecule has 1 atom stereocenters. The van der Waals surface area contributed by atoms with Crippen molar-refractivity contribution in [3.63, 3.8) is 0 Å². The van der Waals surface area contributed by atoms with Crippen LogP contribution >= 0.6 is 11.6 Å². The third kappa shape index (κ3) is 3.13. The number of rotatable bonds is 5. The minimum Gasteiger partial charge on any atom is -0.370 e. The lowest BCUT2D eigenvalue weighted by Crippen LogP contribution is -2.34. The maximum atomic E-state index is 12.1. The highest BCUT2D eigenvalue weighted by molar-refractivity contribution is 6.33. The summed E-state index contributed by atoms with van der Waals surface area (Å²) in [5.74, 6) is 1.09. The second-order valence-corrected chi connectivity index (χ2v) is 5.06. The fourth-order valence-electron chi connectivity index (χ4n) is 1.87. The Kier molecular flexibility index (Phi) is 4.07. The highest BCUT2D eigenvalue weighted by Gasteiger charge is 2.29. The van der Waals surface area contributed by atoms with Crippen molar-refractivity contribution < 1.29 is 4.79 Å². The quantitative estimate of drug-likeness (QED) is 0.862. The molecule has 1 fully saturated rings. The summed E-state index contributed by atoms with van der Waals surface area (Å²) in [6, 6.07) is 3.66. The zero-order valence-electron chi connectivity index (χ0n) is 10.7. The van der Waals surface area contributed by atoms with Gasteiger partial charge in [-0.25, -0.2) is 4.98 Å².